The summed E-state index contributed by atoms with van der Waals surface area (Å²) in [5.74, 6) is 0.693. The molecule has 0 fully saturated rings. The van der Waals surface area contributed by atoms with Crippen molar-refractivity contribution in [2.24, 2.45) is 0 Å². The summed E-state index contributed by atoms with van der Waals surface area (Å²) in [6.07, 6.45) is 0.909. The molecule has 0 aliphatic rings. The van der Waals surface area contributed by atoms with Crippen molar-refractivity contribution in [3.8, 4) is 5.75 Å². The van der Waals surface area contributed by atoms with E-state index in [0.717, 1.165) is 11.3 Å². The average Bonchev–Trinajstić information content (AvgIpc) is 2.55. The normalized spacial score (nSPS) is 10.4. The fourth-order valence-corrected chi connectivity index (χ4v) is 2.49. The largest absolute Gasteiger partial charge is 0.493 e. The van der Waals surface area contributed by atoms with Crippen molar-refractivity contribution in [2.75, 3.05) is 11.9 Å². The molecule has 0 saturated heterocycles. The van der Waals surface area contributed by atoms with Crippen LogP contribution in [0, 0.1) is 30.9 Å². The SMILES string of the molecule is Cc1ccc(OCCCC(=O)Nc2ccc([N+](=O)[O-])cc2C)c(C)c1. The zero-order valence-electron chi connectivity index (χ0n) is 14.7. The van der Waals surface area contributed by atoms with E-state index in [0.29, 0.717) is 30.7 Å². The number of aryl methyl sites for hydroxylation is 3. The number of amides is 1. The molecule has 0 heterocycles. The van der Waals surface area contributed by atoms with Crippen molar-refractivity contribution < 1.29 is 14.5 Å². The molecule has 0 atom stereocenters. The molecule has 132 valence electrons. The summed E-state index contributed by atoms with van der Waals surface area (Å²) in [7, 11) is 0. The maximum atomic E-state index is 12.0. The number of non-ortho nitro benzene ring substituents is 1. The Bertz CT molecular complexity index is 787. The molecule has 0 aliphatic heterocycles. The highest BCUT2D eigenvalue weighted by molar-refractivity contribution is 5.91. The van der Waals surface area contributed by atoms with E-state index < -0.39 is 4.92 Å². The third-order valence-corrected chi connectivity index (χ3v) is 3.83. The molecule has 0 bridgehead atoms. The number of ether oxygens (including phenoxy) is 1. The average molecular weight is 342 g/mol. The van der Waals surface area contributed by atoms with Crippen molar-refractivity contribution >= 4 is 17.3 Å². The van der Waals surface area contributed by atoms with Gasteiger partial charge >= 0.3 is 0 Å². The van der Waals surface area contributed by atoms with E-state index in [-0.39, 0.29) is 11.6 Å². The Balaban J connectivity index is 1.80. The highest BCUT2D eigenvalue weighted by Gasteiger charge is 2.10. The lowest BCUT2D eigenvalue weighted by Gasteiger charge is -2.10. The topological polar surface area (TPSA) is 81.5 Å². The van der Waals surface area contributed by atoms with Gasteiger partial charge in [-0.05, 0) is 50.5 Å². The minimum absolute atomic E-state index is 0.0115. The highest BCUT2D eigenvalue weighted by atomic mass is 16.6. The fraction of sp³-hybridized carbons (Fsp3) is 0.316. The molecule has 2 aromatic carbocycles. The minimum atomic E-state index is -0.455. The maximum absolute atomic E-state index is 12.0. The quantitative estimate of drug-likeness (QED) is 0.461. The fourth-order valence-electron chi connectivity index (χ4n) is 2.49. The number of benzene rings is 2. The van der Waals surface area contributed by atoms with E-state index in [1.165, 1.54) is 17.7 Å². The summed E-state index contributed by atoms with van der Waals surface area (Å²) in [5, 5.41) is 13.5. The third-order valence-electron chi connectivity index (χ3n) is 3.83. The Morgan fingerprint density at radius 1 is 1.12 bits per heavy atom. The van der Waals surface area contributed by atoms with E-state index in [9.17, 15) is 14.9 Å². The number of nitro groups is 1. The molecule has 1 amide bonds. The van der Waals surface area contributed by atoms with Gasteiger partial charge in [-0.3, -0.25) is 14.9 Å². The van der Waals surface area contributed by atoms with Gasteiger partial charge < -0.3 is 10.1 Å². The van der Waals surface area contributed by atoms with E-state index >= 15 is 0 Å². The molecule has 25 heavy (non-hydrogen) atoms. The Morgan fingerprint density at radius 3 is 2.52 bits per heavy atom. The Morgan fingerprint density at radius 2 is 1.88 bits per heavy atom. The molecule has 6 nitrogen and oxygen atoms in total. The summed E-state index contributed by atoms with van der Waals surface area (Å²) >= 11 is 0. The number of nitrogens with zero attached hydrogens (tertiary/aromatic N) is 1. The summed E-state index contributed by atoms with van der Waals surface area (Å²) in [6, 6.07) is 10.4. The van der Waals surface area contributed by atoms with E-state index in [4.69, 9.17) is 4.74 Å². The number of nitro benzene ring substituents is 1. The highest BCUT2D eigenvalue weighted by Crippen LogP contribution is 2.22. The summed E-state index contributed by atoms with van der Waals surface area (Å²) in [5.41, 5.74) is 3.52. The van der Waals surface area contributed by atoms with Crippen LogP contribution in [0.3, 0.4) is 0 Å². The first kappa shape index (κ1) is 18.4. The second kappa shape index (κ2) is 8.28. The molecule has 2 aromatic rings. The zero-order chi connectivity index (χ0) is 18.4. The van der Waals surface area contributed by atoms with Crippen molar-refractivity contribution in [2.45, 2.75) is 33.6 Å². The number of hydrogen-bond acceptors (Lipinski definition) is 4. The van der Waals surface area contributed by atoms with Gasteiger partial charge in [0.15, 0.2) is 0 Å². The van der Waals surface area contributed by atoms with Gasteiger partial charge in [-0.25, -0.2) is 0 Å². The van der Waals surface area contributed by atoms with Crippen LogP contribution in [0.1, 0.15) is 29.5 Å². The lowest BCUT2D eigenvalue weighted by atomic mass is 10.1. The molecular weight excluding hydrogens is 320 g/mol. The van der Waals surface area contributed by atoms with E-state index in [1.54, 1.807) is 13.0 Å². The summed E-state index contributed by atoms with van der Waals surface area (Å²) < 4.78 is 5.70. The molecule has 2 rings (SSSR count). The summed E-state index contributed by atoms with van der Waals surface area (Å²) in [4.78, 5) is 22.3. The molecule has 0 saturated carbocycles. The predicted octanol–water partition coefficient (Wildman–Crippen LogP) is 4.32. The Kier molecular flexibility index (Phi) is 6.11. The van der Waals surface area contributed by atoms with Crippen LogP contribution < -0.4 is 10.1 Å². The van der Waals surface area contributed by atoms with Gasteiger partial charge in [0.2, 0.25) is 5.91 Å². The van der Waals surface area contributed by atoms with Crippen LogP contribution >= 0.6 is 0 Å². The van der Waals surface area contributed by atoms with Gasteiger partial charge in [0, 0.05) is 24.2 Å². The molecule has 0 aliphatic carbocycles. The predicted molar refractivity (Wildman–Crippen MR) is 97.1 cm³/mol. The van der Waals surface area contributed by atoms with Crippen LogP contribution in [0.4, 0.5) is 11.4 Å². The monoisotopic (exact) mass is 342 g/mol. The second-order valence-corrected chi connectivity index (χ2v) is 6.03. The lowest BCUT2D eigenvalue weighted by Crippen LogP contribution is -2.13. The first-order valence-corrected chi connectivity index (χ1v) is 8.12. The number of rotatable bonds is 7. The van der Waals surface area contributed by atoms with Gasteiger partial charge in [-0.1, -0.05) is 17.7 Å². The maximum Gasteiger partial charge on any atom is 0.269 e. The molecule has 0 spiro atoms. The number of carbonyl (C=O) groups is 1. The zero-order valence-corrected chi connectivity index (χ0v) is 14.7. The van der Waals surface area contributed by atoms with Crippen LogP contribution in [0.5, 0.6) is 5.75 Å². The smallest absolute Gasteiger partial charge is 0.269 e. The van der Waals surface area contributed by atoms with Crippen LogP contribution in [0.25, 0.3) is 0 Å². The van der Waals surface area contributed by atoms with Crippen molar-refractivity contribution in [3.05, 3.63) is 63.2 Å². The van der Waals surface area contributed by atoms with Gasteiger partial charge in [0.1, 0.15) is 5.75 Å². The van der Waals surface area contributed by atoms with Gasteiger partial charge in [0.05, 0.1) is 11.5 Å². The van der Waals surface area contributed by atoms with E-state index in [2.05, 4.69) is 11.4 Å². The van der Waals surface area contributed by atoms with Gasteiger partial charge in [-0.15, -0.1) is 0 Å². The van der Waals surface area contributed by atoms with Crippen molar-refractivity contribution in [1.82, 2.24) is 0 Å². The molecule has 0 unspecified atom stereocenters. The molecule has 0 aromatic heterocycles. The van der Waals surface area contributed by atoms with Crippen molar-refractivity contribution in [3.63, 3.8) is 0 Å². The lowest BCUT2D eigenvalue weighted by molar-refractivity contribution is -0.384. The number of nitrogens with one attached hydrogen (secondary N) is 1. The van der Waals surface area contributed by atoms with E-state index in [1.807, 2.05) is 26.0 Å². The second-order valence-electron chi connectivity index (χ2n) is 6.03. The van der Waals surface area contributed by atoms with Crippen LogP contribution in [0.2, 0.25) is 0 Å². The molecule has 1 N–H and O–H groups in total. The van der Waals surface area contributed by atoms with Gasteiger partial charge in [-0.2, -0.15) is 0 Å². The first-order chi connectivity index (χ1) is 11.9. The number of carbonyl (C=O) groups excluding carboxylic acids is 1. The Labute approximate surface area is 147 Å². The summed E-state index contributed by atoms with van der Waals surface area (Å²) in [6.45, 7) is 6.20. The minimum Gasteiger partial charge on any atom is -0.493 e. The molecule has 6 heteroatoms. The van der Waals surface area contributed by atoms with Crippen LogP contribution in [0.15, 0.2) is 36.4 Å². The third kappa shape index (κ3) is 5.31. The number of hydrogen-bond donors (Lipinski definition) is 1. The number of anilines is 1. The molecule has 0 radical (unpaired) electrons. The van der Waals surface area contributed by atoms with Crippen LogP contribution in [-0.4, -0.2) is 17.4 Å². The van der Waals surface area contributed by atoms with Crippen LogP contribution in [-0.2, 0) is 4.79 Å². The Hall–Kier alpha value is -2.89. The van der Waals surface area contributed by atoms with Gasteiger partial charge in [0.25, 0.3) is 5.69 Å². The standard InChI is InChI=1S/C19H22N2O4/c1-13-6-9-18(15(3)11-13)25-10-4-5-19(22)20-17-8-7-16(21(23)24)12-14(17)2/h6-9,11-12H,4-5,10H2,1-3H3,(H,20,22). The molecular formula is C19H22N2O4. The van der Waals surface area contributed by atoms with Crippen molar-refractivity contribution in [1.29, 1.82) is 0 Å². The first-order valence-electron chi connectivity index (χ1n) is 8.12.